The highest BCUT2D eigenvalue weighted by Crippen LogP contribution is 2.29. The Hall–Kier alpha value is -2.90. The predicted octanol–water partition coefficient (Wildman–Crippen LogP) is 6.99. The van der Waals surface area contributed by atoms with Crippen molar-refractivity contribution in [2.45, 2.75) is 117 Å². The number of hydrogen-bond acceptors (Lipinski definition) is 6. The number of allylic oxidation sites excluding steroid dienone is 2. The van der Waals surface area contributed by atoms with Gasteiger partial charge in [-0.3, -0.25) is 4.79 Å². The Balaban J connectivity index is 0.000000583. The van der Waals surface area contributed by atoms with Crippen LogP contribution in [0.5, 0.6) is 0 Å². The molecular weight excluding hydrogens is 484 g/mol. The van der Waals surface area contributed by atoms with Crippen LogP contribution in [-0.2, 0) is 25.6 Å². The van der Waals surface area contributed by atoms with Crippen molar-refractivity contribution in [2.75, 3.05) is 6.61 Å². The summed E-state index contributed by atoms with van der Waals surface area (Å²) in [7, 11) is 0. The summed E-state index contributed by atoms with van der Waals surface area (Å²) in [6.07, 6.45) is 20.8. The van der Waals surface area contributed by atoms with E-state index in [0.29, 0.717) is 6.41 Å². The van der Waals surface area contributed by atoms with Crippen LogP contribution in [0.25, 0.3) is 0 Å². The van der Waals surface area contributed by atoms with Gasteiger partial charge in [-0.25, -0.2) is 4.79 Å². The highest BCUT2D eigenvalue weighted by atomic mass is 17.0. The minimum Gasteiger partial charge on any atom is -0.462 e. The smallest absolute Gasteiger partial charge is 0.328 e. The number of amides is 1. The largest absolute Gasteiger partial charge is 0.462 e. The number of ether oxygens (including phenoxy) is 1. The van der Waals surface area contributed by atoms with E-state index >= 15 is 0 Å². The molecule has 2 atom stereocenters. The first-order chi connectivity index (χ1) is 18.3. The van der Waals surface area contributed by atoms with Crippen LogP contribution in [-0.4, -0.2) is 36.2 Å². The molecule has 2 unspecified atom stereocenters. The number of carbonyl (C=O) groups excluding carboxylic acids is 2. The summed E-state index contributed by atoms with van der Waals surface area (Å²) in [6, 6.07) is 10.1. The Kier molecular flexibility index (Phi) is 22.6. The minimum atomic E-state index is -0.967. The summed E-state index contributed by atoms with van der Waals surface area (Å²) in [4.78, 5) is 35.0. The highest BCUT2D eigenvalue weighted by molar-refractivity contribution is 5.77. The maximum atomic E-state index is 11.1. The first kappa shape index (κ1) is 35.1. The first-order valence-electron chi connectivity index (χ1n) is 14.2. The van der Waals surface area contributed by atoms with Gasteiger partial charge >= 0.3 is 5.97 Å². The summed E-state index contributed by atoms with van der Waals surface area (Å²) in [5.41, 5.74) is 1.50. The maximum Gasteiger partial charge on any atom is 0.328 e. The SMILES string of the molecule is C/C=C\CCCC.CC(COC(=O)C(C)NC=O)O[N+](=O)[O-].c1ccc(CCCCCC2CCCC2)cc1. The molecule has 1 aromatic rings. The van der Waals surface area contributed by atoms with Crippen LogP contribution in [0.2, 0.25) is 0 Å². The quantitative estimate of drug-likeness (QED) is 0.0611. The van der Waals surface area contributed by atoms with Gasteiger partial charge in [0.2, 0.25) is 6.41 Å². The molecule has 0 spiro atoms. The van der Waals surface area contributed by atoms with Gasteiger partial charge in [0.1, 0.15) is 18.8 Å². The molecule has 0 bridgehead atoms. The minimum absolute atomic E-state index is 0.245. The van der Waals surface area contributed by atoms with Gasteiger partial charge in [-0.05, 0) is 51.5 Å². The van der Waals surface area contributed by atoms with Crippen molar-refractivity contribution in [1.82, 2.24) is 5.32 Å². The molecule has 1 fully saturated rings. The van der Waals surface area contributed by atoms with Crippen molar-refractivity contribution in [3.05, 3.63) is 58.2 Å². The molecule has 0 aliphatic heterocycles. The lowest BCUT2D eigenvalue weighted by Crippen LogP contribution is -2.36. The molecule has 0 radical (unpaired) electrons. The van der Waals surface area contributed by atoms with E-state index in [1.165, 1.54) is 96.5 Å². The van der Waals surface area contributed by atoms with Crippen molar-refractivity contribution in [2.24, 2.45) is 5.92 Å². The third-order valence-electron chi connectivity index (χ3n) is 6.25. The molecule has 216 valence electrons. The summed E-state index contributed by atoms with van der Waals surface area (Å²) in [5, 5.41) is 11.1. The van der Waals surface area contributed by atoms with Crippen LogP contribution in [0.1, 0.15) is 104 Å². The van der Waals surface area contributed by atoms with Gasteiger partial charge in [0.05, 0.1) is 0 Å². The van der Waals surface area contributed by atoms with Crippen molar-refractivity contribution in [1.29, 1.82) is 0 Å². The Morgan fingerprint density at radius 1 is 1.13 bits per heavy atom. The Morgan fingerprint density at radius 2 is 1.82 bits per heavy atom. The molecule has 1 saturated carbocycles. The van der Waals surface area contributed by atoms with E-state index in [4.69, 9.17) is 0 Å². The van der Waals surface area contributed by atoms with E-state index in [1.54, 1.807) is 0 Å². The number of hydrogen-bond donors (Lipinski definition) is 1. The highest BCUT2D eigenvalue weighted by Gasteiger charge is 2.16. The van der Waals surface area contributed by atoms with E-state index in [0.717, 1.165) is 5.92 Å². The van der Waals surface area contributed by atoms with Crippen LogP contribution < -0.4 is 5.32 Å². The summed E-state index contributed by atoms with van der Waals surface area (Å²) in [5.74, 6) is 0.401. The number of unbranched alkanes of at least 4 members (excludes halogenated alkanes) is 4. The van der Waals surface area contributed by atoms with Crippen molar-refractivity contribution >= 4 is 12.4 Å². The lowest BCUT2D eigenvalue weighted by Gasteiger charge is -2.13. The molecule has 1 N–H and O–H groups in total. The van der Waals surface area contributed by atoms with Crippen molar-refractivity contribution in [3.8, 4) is 0 Å². The molecule has 8 nitrogen and oxygen atoms in total. The number of nitrogens with one attached hydrogen (secondary N) is 1. The normalized spacial score (nSPS) is 14.3. The molecule has 1 amide bonds. The summed E-state index contributed by atoms with van der Waals surface area (Å²) >= 11 is 0. The van der Waals surface area contributed by atoms with Gasteiger partial charge in [0.15, 0.2) is 0 Å². The van der Waals surface area contributed by atoms with E-state index in [2.05, 4.69) is 71.2 Å². The van der Waals surface area contributed by atoms with E-state index < -0.39 is 23.2 Å². The van der Waals surface area contributed by atoms with Gasteiger partial charge in [-0.2, -0.15) is 0 Å². The third kappa shape index (κ3) is 21.2. The number of aryl methyl sites for hydroxylation is 1. The molecule has 0 saturated heterocycles. The summed E-state index contributed by atoms with van der Waals surface area (Å²) in [6.45, 7) is 6.84. The average Bonchev–Trinajstić information content (AvgIpc) is 3.42. The predicted molar refractivity (Wildman–Crippen MR) is 152 cm³/mol. The van der Waals surface area contributed by atoms with Gasteiger partial charge in [-0.1, -0.05) is 107 Å². The van der Waals surface area contributed by atoms with E-state index in [-0.39, 0.29) is 6.61 Å². The number of nitrogens with zero attached hydrogens (tertiary/aromatic N) is 1. The molecule has 1 aliphatic carbocycles. The zero-order chi connectivity index (χ0) is 28.4. The molecule has 1 aromatic carbocycles. The monoisotopic (exact) mass is 534 g/mol. The Morgan fingerprint density at radius 3 is 2.39 bits per heavy atom. The Bertz CT molecular complexity index is 750. The standard InChI is InChI=1S/C16H24.C7H12N2O6.C7H14/c1-3-9-15(10-4-1)11-5-2-6-12-16-13-7-8-14-16;1-5(15-9(12)13)3-14-7(11)6(2)8-4-10;1-3-5-7-6-4-2/h1,3-4,9-10,16H,2,5-8,11-14H2;4-6H,3H2,1-2H3,(H,8,10);3,5H,4,6-7H2,1-2H3/b;;5-3-. The van der Waals surface area contributed by atoms with Crippen LogP contribution in [0.4, 0.5) is 0 Å². The van der Waals surface area contributed by atoms with Gasteiger partial charge < -0.3 is 14.9 Å². The molecular formula is C30H50N2O6. The molecule has 8 heteroatoms. The second-order valence-electron chi connectivity index (χ2n) is 9.72. The molecule has 38 heavy (non-hydrogen) atoms. The van der Waals surface area contributed by atoms with Crippen LogP contribution in [0.15, 0.2) is 42.5 Å². The van der Waals surface area contributed by atoms with Crippen LogP contribution in [0.3, 0.4) is 0 Å². The number of benzene rings is 1. The van der Waals surface area contributed by atoms with Gasteiger partial charge in [-0.15, -0.1) is 10.1 Å². The number of esters is 1. The average molecular weight is 535 g/mol. The lowest BCUT2D eigenvalue weighted by molar-refractivity contribution is -0.767. The first-order valence-corrected chi connectivity index (χ1v) is 14.2. The van der Waals surface area contributed by atoms with Crippen molar-refractivity contribution < 1.29 is 24.3 Å². The zero-order valence-electron chi connectivity index (χ0n) is 23.9. The summed E-state index contributed by atoms with van der Waals surface area (Å²) < 4.78 is 4.63. The fourth-order valence-corrected chi connectivity index (χ4v) is 4.04. The Labute approximate surface area is 229 Å². The maximum absolute atomic E-state index is 11.1. The van der Waals surface area contributed by atoms with E-state index in [9.17, 15) is 19.7 Å². The fourth-order valence-electron chi connectivity index (χ4n) is 4.04. The fraction of sp³-hybridized carbons (Fsp3) is 0.667. The molecule has 2 rings (SSSR count). The van der Waals surface area contributed by atoms with E-state index in [1.807, 2.05) is 0 Å². The van der Waals surface area contributed by atoms with Gasteiger partial charge in [0.25, 0.3) is 5.09 Å². The number of rotatable bonds is 16. The molecule has 0 heterocycles. The van der Waals surface area contributed by atoms with Crippen LogP contribution in [0, 0.1) is 16.0 Å². The lowest BCUT2D eigenvalue weighted by atomic mass is 9.98. The molecule has 0 aromatic heterocycles. The second-order valence-corrected chi connectivity index (χ2v) is 9.72. The zero-order valence-corrected chi connectivity index (χ0v) is 23.9. The molecule has 1 aliphatic rings. The topological polar surface area (TPSA) is 108 Å². The van der Waals surface area contributed by atoms with Gasteiger partial charge in [0, 0.05) is 0 Å². The van der Waals surface area contributed by atoms with Crippen molar-refractivity contribution in [3.63, 3.8) is 0 Å². The van der Waals surface area contributed by atoms with Crippen LogP contribution >= 0.6 is 0 Å². The third-order valence-corrected chi connectivity index (χ3v) is 6.25. The number of carbonyl (C=O) groups is 2. The second kappa shape index (κ2) is 24.4.